The van der Waals surface area contributed by atoms with E-state index in [9.17, 15) is 24.6 Å². The molecule has 1 saturated carbocycles. The van der Waals surface area contributed by atoms with Crippen molar-refractivity contribution in [3.63, 3.8) is 0 Å². The molecule has 0 radical (unpaired) electrons. The minimum atomic E-state index is -0.982. The number of anilines is 1. The number of nitrogens with one attached hydrogen (secondary N) is 3. The van der Waals surface area contributed by atoms with Crippen molar-refractivity contribution in [3.8, 4) is 11.1 Å². The zero-order valence-electron chi connectivity index (χ0n) is 29.4. The summed E-state index contributed by atoms with van der Waals surface area (Å²) in [5.74, 6) is -1.01. The molecule has 4 rings (SSSR count). The van der Waals surface area contributed by atoms with E-state index in [1.54, 1.807) is 31.3 Å². The fraction of sp³-hybridized carbons (Fsp3) is 0.436. The second-order valence-electron chi connectivity index (χ2n) is 13.9. The molecule has 0 aliphatic heterocycles. The standard InChI is InChI=1S/C39H50N4O6/c1-24-7-8-27(21-33(24)29-13-15-31(16-14-29)37(46)47)22-34(36(45)42-32-19-17-28(18-20-32)25(2)40-6)43-35(44)30-11-9-26(10-12-30)23-41-38(48)49-39(3,4)5/h7-8,13-21,26,30,34-35,43-44H,9-12,22-23H2,1-6H3,(H,41,48)(H,42,45)(H,46,47). The van der Waals surface area contributed by atoms with Crippen LogP contribution in [0, 0.1) is 18.8 Å². The Hall–Kier alpha value is -4.54. The van der Waals surface area contributed by atoms with Gasteiger partial charge in [-0.3, -0.25) is 15.1 Å². The third kappa shape index (κ3) is 11.0. The van der Waals surface area contributed by atoms with Gasteiger partial charge in [0, 0.05) is 25.0 Å². The molecule has 262 valence electrons. The van der Waals surface area contributed by atoms with E-state index in [4.69, 9.17) is 4.74 Å². The number of amides is 2. The van der Waals surface area contributed by atoms with Gasteiger partial charge in [-0.15, -0.1) is 0 Å². The fourth-order valence-corrected chi connectivity index (χ4v) is 6.11. The summed E-state index contributed by atoms with van der Waals surface area (Å²) < 4.78 is 5.35. The molecule has 2 atom stereocenters. The SMILES string of the molecule is CN=C(C)c1ccc(NC(=O)C(Cc2ccc(C)c(-c3ccc(C(=O)O)cc3)c2)NC(O)C2CCC(CNC(=O)OC(C)(C)C)CC2)cc1. The van der Waals surface area contributed by atoms with Crippen LogP contribution in [0.4, 0.5) is 10.5 Å². The number of hydrogen-bond acceptors (Lipinski definition) is 7. The van der Waals surface area contributed by atoms with E-state index in [1.165, 1.54) is 0 Å². The van der Waals surface area contributed by atoms with Gasteiger partial charge in [-0.25, -0.2) is 9.59 Å². The quantitative estimate of drug-likeness (QED) is 0.108. The van der Waals surface area contributed by atoms with Gasteiger partial charge in [0.2, 0.25) is 5.91 Å². The molecule has 10 heteroatoms. The van der Waals surface area contributed by atoms with Crippen LogP contribution in [0.3, 0.4) is 0 Å². The molecule has 0 aromatic heterocycles. The molecular weight excluding hydrogens is 620 g/mol. The number of hydrogen-bond donors (Lipinski definition) is 5. The topological polar surface area (TPSA) is 149 Å². The number of rotatable bonds is 12. The van der Waals surface area contributed by atoms with Gasteiger partial charge in [0.05, 0.1) is 11.6 Å². The van der Waals surface area contributed by atoms with Crippen LogP contribution in [0.15, 0.2) is 71.7 Å². The summed E-state index contributed by atoms with van der Waals surface area (Å²) in [7, 11) is 1.74. The lowest BCUT2D eigenvalue weighted by atomic mass is 9.81. The predicted octanol–water partition coefficient (Wildman–Crippen LogP) is 6.59. The van der Waals surface area contributed by atoms with Crippen LogP contribution in [0.1, 0.15) is 80.4 Å². The first kappa shape index (κ1) is 37.3. The molecule has 2 unspecified atom stereocenters. The van der Waals surface area contributed by atoms with Gasteiger partial charge in [0.25, 0.3) is 0 Å². The highest BCUT2D eigenvalue weighted by Gasteiger charge is 2.31. The molecule has 2 amide bonds. The highest BCUT2D eigenvalue weighted by atomic mass is 16.6. The van der Waals surface area contributed by atoms with Gasteiger partial charge >= 0.3 is 12.1 Å². The average Bonchev–Trinajstić information content (AvgIpc) is 3.07. The zero-order chi connectivity index (χ0) is 35.7. The van der Waals surface area contributed by atoms with Crippen molar-refractivity contribution >= 4 is 29.4 Å². The average molecular weight is 671 g/mol. The van der Waals surface area contributed by atoms with Crippen molar-refractivity contribution < 1.29 is 29.3 Å². The van der Waals surface area contributed by atoms with Gasteiger partial charge in [0.1, 0.15) is 11.8 Å². The number of aliphatic imine (C=N–C) groups is 1. The van der Waals surface area contributed by atoms with E-state index in [0.29, 0.717) is 18.7 Å². The molecule has 0 spiro atoms. The number of carbonyl (C=O) groups is 3. The Morgan fingerprint density at radius 2 is 1.57 bits per heavy atom. The Bertz CT molecular complexity index is 1620. The van der Waals surface area contributed by atoms with Crippen molar-refractivity contribution in [2.24, 2.45) is 16.8 Å². The molecule has 1 aliphatic carbocycles. The van der Waals surface area contributed by atoms with Crippen LogP contribution in [-0.4, -0.2) is 65.4 Å². The molecule has 1 fully saturated rings. The molecule has 3 aromatic carbocycles. The van der Waals surface area contributed by atoms with Crippen LogP contribution in [0.25, 0.3) is 11.1 Å². The van der Waals surface area contributed by atoms with Gasteiger partial charge in [-0.05, 0) is 131 Å². The molecule has 3 aromatic rings. The molecule has 10 nitrogen and oxygen atoms in total. The summed E-state index contributed by atoms with van der Waals surface area (Å²) in [5, 5.41) is 29.9. The minimum Gasteiger partial charge on any atom is -0.478 e. The van der Waals surface area contributed by atoms with Crippen LogP contribution in [0.2, 0.25) is 0 Å². The fourth-order valence-electron chi connectivity index (χ4n) is 6.11. The number of carboxylic acid groups (broad SMARTS) is 1. The van der Waals surface area contributed by atoms with Crippen molar-refractivity contribution in [2.75, 3.05) is 18.9 Å². The number of aliphatic hydroxyl groups excluding tert-OH is 1. The molecule has 49 heavy (non-hydrogen) atoms. The van der Waals surface area contributed by atoms with E-state index in [1.807, 2.05) is 77.1 Å². The highest BCUT2D eigenvalue weighted by Crippen LogP contribution is 2.31. The molecule has 1 aliphatic rings. The van der Waals surface area contributed by atoms with Gasteiger partial charge in [0.15, 0.2) is 0 Å². The number of aliphatic hydroxyl groups is 1. The third-order valence-electron chi connectivity index (χ3n) is 9.05. The first-order valence-corrected chi connectivity index (χ1v) is 16.9. The Labute approximate surface area is 289 Å². The lowest BCUT2D eigenvalue weighted by Crippen LogP contribution is -2.50. The summed E-state index contributed by atoms with van der Waals surface area (Å²) >= 11 is 0. The Balaban J connectivity index is 1.47. The van der Waals surface area contributed by atoms with Crippen LogP contribution < -0.4 is 16.0 Å². The van der Waals surface area contributed by atoms with E-state index < -0.39 is 29.9 Å². The second-order valence-corrected chi connectivity index (χ2v) is 13.9. The van der Waals surface area contributed by atoms with Crippen molar-refractivity contribution in [2.45, 2.75) is 84.6 Å². The number of alkyl carbamates (subject to hydrolysis) is 1. The summed E-state index contributed by atoms with van der Waals surface area (Å²) in [4.78, 5) is 41.5. The van der Waals surface area contributed by atoms with E-state index in [-0.39, 0.29) is 23.3 Å². The highest BCUT2D eigenvalue weighted by molar-refractivity contribution is 6.00. The van der Waals surface area contributed by atoms with Crippen molar-refractivity contribution in [3.05, 3.63) is 89.0 Å². The molecule has 0 heterocycles. The van der Waals surface area contributed by atoms with Gasteiger partial charge in [-0.2, -0.15) is 0 Å². The zero-order valence-corrected chi connectivity index (χ0v) is 29.4. The Morgan fingerprint density at radius 3 is 2.16 bits per heavy atom. The maximum absolute atomic E-state index is 13.8. The number of benzene rings is 3. The summed E-state index contributed by atoms with van der Waals surface area (Å²) in [5.41, 5.74) is 5.88. The smallest absolute Gasteiger partial charge is 0.407 e. The lowest BCUT2D eigenvalue weighted by molar-refractivity contribution is -0.119. The Morgan fingerprint density at radius 1 is 0.939 bits per heavy atom. The predicted molar refractivity (Wildman–Crippen MR) is 193 cm³/mol. The largest absolute Gasteiger partial charge is 0.478 e. The number of aromatic carboxylic acids is 1. The van der Waals surface area contributed by atoms with E-state index in [2.05, 4.69) is 20.9 Å². The summed E-state index contributed by atoms with van der Waals surface area (Å²) in [6.07, 6.45) is 2.17. The Kier molecular flexibility index (Phi) is 12.7. The van der Waals surface area contributed by atoms with Crippen molar-refractivity contribution in [1.29, 1.82) is 0 Å². The summed E-state index contributed by atoms with van der Waals surface area (Å²) in [6, 6.07) is 19.5. The van der Waals surface area contributed by atoms with Crippen LogP contribution in [0.5, 0.6) is 0 Å². The lowest BCUT2D eigenvalue weighted by Gasteiger charge is -2.33. The number of carboxylic acids is 1. The second kappa shape index (κ2) is 16.7. The number of ether oxygens (including phenoxy) is 1. The van der Waals surface area contributed by atoms with Crippen molar-refractivity contribution in [1.82, 2.24) is 10.6 Å². The number of nitrogens with zero attached hydrogens (tertiary/aromatic N) is 1. The third-order valence-corrected chi connectivity index (χ3v) is 9.05. The van der Waals surface area contributed by atoms with Gasteiger partial charge < -0.3 is 25.6 Å². The normalized spacial score (nSPS) is 17.9. The van der Waals surface area contributed by atoms with E-state index in [0.717, 1.165) is 59.2 Å². The summed E-state index contributed by atoms with van der Waals surface area (Å²) in [6.45, 7) is 9.93. The first-order valence-electron chi connectivity index (χ1n) is 16.9. The number of aryl methyl sites for hydroxylation is 1. The van der Waals surface area contributed by atoms with Gasteiger partial charge in [-0.1, -0.05) is 42.5 Å². The minimum absolute atomic E-state index is 0.0509. The first-order chi connectivity index (χ1) is 23.2. The van der Waals surface area contributed by atoms with Crippen LogP contribution in [-0.2, 0) is 16.0 Å². The van der Waals surface area contributed by atoms with E-state index >= 15 is 0 Å². The maximum atomic E-state index is 13.8. The maximum Gasteiger partial charge on any atom is 0.407 e. The monoisotopic (exact) mass is 670 g/mol. The molecule has 0 saturated heterocycles. The molecule has 5 N–H and O–H groups in total. The molecule has 0 bridgehead atoms. The molecular formula is C39H50N4O6. The number of carbonyl (C=O) groups excluding carboxylic acids is 2. The van der Waals surface area contributed by atoms with Crippen LogP contribution >= 0.6 is 0 Å².